The molecule has 0 unspecified atom stereocenters. The van der Waals surface area contributed by atoms with Crippen molar-refractivity contribution >= 4 is 44.1 Å². The van der Waals surface area contributed by atoms with Crippen molar-refractivity contribution in [3.05, 3.63) is 74.9 Å². The molecule has 2 aromatic carbocycles. The highest BCUT2D eigenvalue weighted by atomic mass is 35.5. The second kappa shape index (κ2) is 9.41. The van der Waals surface area contributed by atoms with Gasteiger partial charge in [0, 0.05) is 24.5 Å². The zero-order chi connectivity index (χ0) is 24.5. The van der Waals surface area contributed by atoms with Crippen LogP contribution in [0.3, 0.4) is 0 Å². The molecular weight excluding hydrogens is 485 g/mol. The number of pyridine rings is 1. The van der Waals surface area contributed by atoms with Gasteiger partial charge in [0.1, 0.15) is 17.5 Å². The van der Waals surface area contributed by atoms with Gasteiger partial charge in [0.2, 0.25) is 10.0 Å². The number of nitrogens with one attached hydrogen (secondary N) is 2. The minimum absolute atomic E-state index is 0.0954. The molecule has 13 heteroatoms. The fourth-order valence-corrected chi connectivity index (χ4v) is 3.94. The Morgan fingerprint density at radius 3 is 2.55 bits per heavy atom. The number of aromatic amines is 1. The van der Waals surface area contributed by atoms with Gasteiger partial charge < -0.3 is 15.2 Å². The molecule has 8 nitrogen and oxygen atoms in total. The lowest BCUT2D eigenvalue weighted by molar-refractivity contribution is 0.197. The Bertz CT molecular complexity index is 1400. The maximum absolute atomic E-state index is 14.3. The van der Waals surface area contributed by atoms with Crippen LogP contribution in [0.1, 0.15) is 18.5 Å². The van der Waals surface area contributed by atoms with Crippen molar-refractivity contribution in [3.8, 4) is 0 Å². The van der Waals surface area contributed by atoms with Crippen LogP contribution in [0.2, 0.25) is 5.02 Å². The molecule has 2 amide bonds. The third-order valence-electron chi connectivity index (χ3n) is 4.92. The molecule has 4 N–H and O–H groups in total. The second-order valence-electron chi connectivity index (χ2n) is 7.18. The van der Waals surface area contributed by atoms with Gasteiger partial charge in [-0.25, -0.2) is 31.5 Å². The van der Waals surface area contributed by atoms with Crippen molar-refractivity contribution in [2.24, 2.45) is 5.14 Å². The maximum Gasteiger partial charge on any atom is 0.322 e. The van der Waals surface area contributed by atoms with Gasteiger partial charge in [0.15, 0.2) is 0 Å². The number of benzene rings is 2. The van der Waals surface area contributed by atoms with E-state index in [4.69, 9.17) is 16.7 Å². The number of sulfonamides is 1. The molecule has 1 atom stereocenters. The lowest BCUT2D eigenvalue weighted by Gasteiger charge is -2.30. The third-order valence-corrected chi connectivity index (χ3v) is 5.96. The van der Waals surface area contributed by atoms with Crippen LogP contribution in [-0.4, -0.2) is 36.6 Å². The van der Waals surface area contributed by atoms with Gasteiger partial charge in [0.05, 0.1) is 22.2 Å². The summed E-state index contributed by atoms with van der Waals surface area (Å²) in [5.41, 5.74) is -0.549. The fraction of sp³-hybridized carbons (Fsp3) is 0.200. The number of urea groups is 1. The van der Waals surface area contributed by atoms with E-state index in [9.17, 15) is 31.2 Å². The number of primary sulfonamides is 1. The number of nitrogens with zero attached hydrogens (tertiary/aromatic N) is 1. The molecule has 0 aliphatic heterocycles. The predicted octanol–water partition coefficient (Wildman–Crippen LogP) is 3.48. The molecule has 0 saturated carbocycles. The Morgan fingerprint density at radius 1 is 1.21 bits per heavy atom. The van der Waals surface area contributed by atoms with Crippen LogP contribution in [0, 0.1) is 17.5 Å². The molecule has 176 valence electrons. The molecule has 0 radical (unpaired) electrons. The van der Waals surface area contributed by atoms with Crippen LogP contribution in [0.15, 0.2) is 41.3 Å². The van der Waals surface area contributed by atoms with Gasteiger partial charge in [0.25, 0.3) is 5.56 Å². The predicted molar refractivity (Wildman–Crippen MR) is 118 cm³/mol. The number of hydrogen-bond acceptors (Lipinski definition) is 4. The molecule has 0 aliphatic rings. The van der Waals surface area contributed by atoms with E-state index < -0.39 is 62.8 Å². The van der Waals surface area contributed by atoms with Crippen LogP contribution in [0.4, 0.5) is 23.7 Å². The molecule has 33 heavy (non-hydrogen) atoms. The number of nitrogens with two attached hydrogens (primary N) is 1. The lowest BCUT2D eigenvalue weighted by atomic mass is 10.0. The number of aromatic nitrogens is 1. The summed E-state index contributed by atoms with van der Waals surface area (Å²) in [6, 6.07) is 3.09. The molecule has 1 heterocycles. The number of fused-ring (bicyclic) bond motifs is 1. The number of rotatable bonds is 6. The highest BCUT2D eigenvalue weighted by molar-refractivity contribution is 7.89. The number of carbonyl (C=O) groups is 1. The Morgan fingerprint density at radius 2 is 1.91 bits per heavy atom. The van der Waals surface area contributed by atoms with Gasteiger partial charge in [-0.3, -0.25) is 4.79 Å². The molecule has 0 aliphatic carbocycles. The summed E-state index contributed by atoms with van der Waals surface area (Å²) in [4.78, 5) is 28.5. The fourth-order valence-electron chi connectivity index (χ4n) is 3.30. The second-order valence-corrected chi connectivity index (χ2v) is 9.32. The summed E-state index contributed by atoms with van der Waals surface area (Å²) >= 11 is 5.73. The number of carbonyl (C=O) groups excluding carboxylic acids is 1. The Hall–Kier alpha value is -3.09. The van der Waals surface area contributed by atoms with Crippen LogP contribution in [-0.2, 0) is 10.0 Å². The number of hydrogen-bond donors (Lipinski definition) is 3. The van der Waals surface area contributed by atoms with Crippen LogP contribution >= 0.6 is 11.6 Å². The molecule has 0 bridgehead atoms. The van der Waals surface area contributed by atoms with E-state index in [0.29, 0.717) is 6.07 Å². The summed E-state index contributed by atoms with van der Waals surface area (Å²) in [6.07, 6.45) is 1.18. The average molecular weight is 503 g/mol. The van der Waals surface area contributed by atoms with E-state index in [1.807, 2.05) is 0 Å². The first-order chi connectivity index (χ1) is 15.4. The molecule has 0 spiro atoms. The van der Waals surface area contributed by atoms with Crippen molar-refractivity contribution in [1.82, 2.24) is 9.88 Å². The standard InChI is InChI=1S/C20H18ClF3N4O4S/c1-10(14-9-26-19(29)18-13(14)6-11(22)7-17(18)24)28(4-5-33(25,31)32)20(30)27-12-2-3-16(23)15(21)8-12/h2-3,6-10H,4-5H2,1H3,(H,26,29)(H,27,30)(H2,25,31,32)/t10-/m0/s1. The maximum atomic E-state index is 14.3. The van der Waals surface area contributed by atoms with Crippen molar-refractivity contribution < 1.29 is 26.4 Å². The summed E-state index contributed by atoms with van der Waals surface area (Å²) in [5.74, 6) is -3.38. The number of amides is 2. The van der Waals surface area contributed by atoms with Crippen LogP contribution in [0.25, 0.3) is 10.8 Å². The summed E-state index contributed by atoms with van der Waals surface area (Å²) in [5, 5.41) is 6.76. The monoisotopic (exact) mass is 502 g/mol. The highest BCUT2D eigenvalue weighted by Gasteiger charge is 2.26. The van der Waals surface area contributed by atoms with Crippen molar-refractivity contribution in [1.29, 1.82) is 0 Å². The van der Waals surface area contributed by atoms with Gasteiger partial charge in [-0.2, -0.15) is 0 Å². The first-order valence-corrected chi connectivity index (χ1v) is 11.5. The van der Waals surface area contributed by atoms with Gasteiger partial charge in [-0.15, -0.1) is 0 Å². The Balaban J connectivity index is 2.05. The smallest absolute Gasteiger partial charge is 0.322 e. The Kier molecular flexibility index (Phi) is 7.00. The van der Waals surface area contributed by atoms with E-state index in [2.05, 4.69) is 10.3 Å². The van der Waals surface area contributed by atoms with Crippen molar-refractivity contribution in [2.75, 3.05) is 17.6 Å². The SMILES string of the molecule is C[C@@H](c1c[nH]c(=O)c2c(F)cc(F)cc12)N(CCS(N)(=O)=O)C(=O)Nc1ccc(F)c(Cl)c1. The summed E-state index contributed by atoms with van der Waals surface area (Å²) < 4.78 is 64.6. The number of halogens is 4. The Labute approximate surface area is 191 Å². The first kappa shape index (κ1) is 24.6. The van der Waals surface area contributed by atoms with E-state index >= 15 is 0 Å². The zero-order valence-electron chi connectivity index (χ0n) is 17.0. The quantitative estimate of drug-likeness (QED) is 0.477. The molecular formula is C20H18ClF3N4O4S. The van der Waals surface area contributed by atoms with E-state index in [1.165, 1.54) is 19.2 Å². The van der Waals surface area contributed by atoms with Gasteiger partial charge in [-0.1, -0.05) is 11.6 Å². The normalized spacial score (nSPS) is 12.5. The van der Waals surface area contributed by atoms with E-state index in [-0.39, 0.29) is 21.7 Å². The van der Waals surface area contributed by atoms with Crippen molar-refractivity contribution in [2.45, 2.75) is 13.0 Å². The molecule has 0 saturated heterocycles. The van der Waals surface area contributed by atoms with Gasteiger partial charge >= 0.3 is 6.03 Å². The number of H-pyrrole nitrogens is 1. The zero-order valence-corrected chi connectivity index (χ0v) is 18.6. The lowest BCUT2D eigenvalue weighted by Crippen LogP contribution is -2.41. The highest BCUT2D eigenvalue weighted by Crippen LogP contribution is 2.29. The number of anilines is 1. The summed E-state index contributed by atoms with van der Waals surface area (Å²) in [7, 11) is -3.99. The topological polar surface area (TPSA) is 125 Å². The molecule has 0 fully saturated rings. The van der Waals surface area contributed by atoms with Crippen LogP contribution < -0.4 is 16.0 Å². The summed E-state index contributed by atoms with van der Waals surface area (Å²) in [6.45, 7) is 1.06. The largest absolute Gasteiger partial charge is 0.328 e. The minimum atomic E-state index is -3.99. The van der Waals surface area contributed by atoms with Gasteiger partial charge in [-0.05, 0) is 42.1 Å². The van der Waals surface area contributed by atoms with E-state index in [0.717, 1.165) is 23.1 Å². The van der Waals surface area contributed by atoms with Crippen molar-refractivity contribution in [3.63, 3.8) is 0 Å². The minimum Gasteiger partial charge on any atom is -0.328 e. The molecule has 1 aromatic heterocycles. The molecule has 3 rings (SSSR count). The molecule has 3 aromatic rings. The first-order valence-electron chi connectivity index (χ1n) is 9.41. The third kappa shape index (κ3) is 5.64. The average Bonchev–Trinajstić information content (AvgIpc) is 2.69. The van der Waals surface area contributed by atoms with E-state index in [1.54, 1.807) is 0 Å². The van der Waals surface area contributed by atoms with Crippen LogP contribution in [0.5, 0.6) is 0 Å².